The molecule has 1 aromatic heterocycles. The van der Waals surface area contributed by atoms with Crippen molar-refractivity contribution < 1.29 is 22.8 Å². The van der Waals surface area contributed by atoms with Crippen LogP contribution in [0.3, 0.4) is 0 Å². The molecule has 0 bridgehead atoms. The van der Waals surface area contributed by atoms with Gasteiger partial charge in [-0.3, -0.25) is 14.6 Å². The highest BCUT2D eigenvalue weighted by molar-refractivity contribution is 5.95. The molecule has 1 aliphatic heterocycles. The number of hydrogen-bond donors (Lipinski definition) is 0. The second-order valence-electron chi connectivity index (χ2n) is 6.94. The molecule has 2 heterocycles. The molecule has 1 aromatic rings. The van der Waals surface area contributed by atoms with Crippen LogP contribution in [0.1, 0.15) is 35.3 Å². The largest absolute Gasteiger partial charge is 0.434 e. The highest BCUT2D eigenvalue weighted by Crippen LogP contribution is 2.40. The molecule has 0 aromatic carbocycles. The Bertz CT molecular complexity index is 692. The van der Waals surface area contributed by atoms with Gasteiger partial charge in [-0.05, 0) is 36.8 Å². The summed E-state index contributed by atoms with van der Waals surface area (Å²) in [6.45, 7) is 0.642. The molecule has 8 heteroatoms. The predicted octanol–water partition coefficient (Wildman–Crippen LogP) is 2.43. The molecule has 136 valence electrons. The van der Waals surface area contributed by atoms with Crippen LogP contribution in [0.2, 0.25) is 0 Å². The molecule has 1 saturated heterocycles. The van der Waals surface area contributed by atoms with E-state index in [1.165, 1.54) is 18.0 Å². The van der Waals surface area contributed by atoms with Gasteiger partial charge in [-0.2, -0.15) is 13.2 Å². The van der Waals surface area contributed by atoms with Crippen molar-refractivity contribution in [3.63, 3.8) is 0 Å². The van der Waals surface area contributed by atoms with Gasteiger partial charge in [0.1, 0.15) is 0 Å². The van der Waals surface area contributed by atoms with E-state index in [1.54, 1.807) is 11.9 Å². The van der Waals surface area contributed by atoms with E-state index < -0.39 is 23.3 Å². The Morgan fingerprint density at radius 3 is 2.68 bits per heavy atom. The number of alkyl halides is 3. The van der Waals surface area contributed by atoms with Crippen LogP contribution >= 0.6 is 0 Å². The Labute approximate surface area is 143 Å². The number of hydrogen-bond acceptors (Lipinski definition) is 3. The maximum atomic E-state index is 13.1. The number of carbonyl (C=O) groups excluding carboxylic acids is 2. The summed E-state index contributed by atoms with van der Waals surface area (Å²) in [5, 5.41) is 0. The first kappa shape index (κ1) is 17.7. The Hall–Kier alpha value is -2.12. The zero-order valence-electron chi connectivity index (χ0n) is 14.1. The summed E-state index contributed by atoms with van der Waals surface area (Å²) in [6, 6.07) is 2.33. The Kier molecular flexibility index (Phi) is 4.47. The quantitative estimate of drug-likeness (QED) is 0.819. The summed E-state index contributed by atoms with van der Waals surface area (Å²) < 4.78 is 39.3. The van der Waals surface area contributed by atoms with Crippen molar-refractivity contribution >= 4 is 11.8 Å². The third-order valence-electron chi connectivity index (χ3n) is 5.36. The van der Waals surface area contributed by atoms with Crippen LogP contribution in [0.15, 0.2) is 18.3 Å². The van der Waals surface area contributed by atoms with E-state index in [0.717, 1.165) is 12.3 Å². The van der Waals surface area contributed by atoms with Gasteiger partial charge in [0.2, 0.25) is 5.91 Å². The maximum absolute atomic E-state index is 13.1. The van der Waals surface area contributed by atoms with Gasteiger partial charge in [-0.1, -0.05) is 0 Å². The topological polar surface area (TPSA) is 53.5 Å². The maximum Gasteiger partial charge on any atom is 0.434 e. The molecular formula is C17H20F3N3O2. The minimum Gasteiger partial charge on any atom is -0.345 e. The fourth-order valence-corrected chi connectivity index (χ4v) is 3.96. The van der Waals surface area contributed by atoms with E-state index in [4.69, 9.17) is 0 Å². The van der Waals surface area contributed by atoms with E-state index in [2.05, 4.69) is 4.98 Å². The number of piperidine rings is 1. The van der Waals surface area contributed by atoms with Gasteiger partial charge in [0.05, 0.1) is 5.56 Å². The van der Waals surface area contributed by atoms with Crippen LogP contribution in [-0.4, -0.2) is 53.3 Å². The van der Waals surface area contributed by atoms with Gasteiger partial charge >= 0.3 is 6.18 Å². The Balaban J connectivity index is 1.78. The second kappa shape index (κ2) is 6.31. The third-order valence-corrected chi connectivity index (χ3v) is 5.36. The predicted molar refractivity (Wildman–Crippen MR) is 83.6 cm³/mol. The summed E-state index contributed by atoms with van der Waals surface area (Å²) >= 11 is 0. The number of halogens is 3. The molecule has 3 atom stereocenters. The lowest BCUT2D eigenvalue weighted by Crippen LogP contribution is -2.40. The zero-order valence-corrected chi connectivity index (χ0v) is 14.1. The zero-order chi connectivity index (χ0) is 18.4. The minimum absolute atomic E-state index is 0.0856. The van der Waals surface area contributed by atoms with Crippen LogP contribution in [-0.2, 0) is 11.0 Å². The van der Waals surface area contributed by atoms with Crippen LogP contribution in [0.25, 0.3) is 0 Å². The second-order valence-corrected chi connectivity index (χ2v) is 6.94. The van der Waals surface area contributed by atoms with Gasteiger partial charge in [-0.25, -0.2) is 0 Å². The van der Waals surface area contributed by atoms with E-state index in [-0.39, 0.29) is 17.9 Å². The Morgan fingerprint density at radius 2 is 2.00 bits per heavy atom. The normalized spacial score (nSPS) is 26.5. The van der Waals surface area contributed by atoms with E-state index in [1.807, 2.05) is 0 Å². The molecule has 0 N–H and O–H groups in total. The SMILES string of the molecule is CN1C[C@H]2C[C@@H](N(C)C(=O)c3cccnc3C(F)(F)F)C[C@H]2CC1=O. The molecule has 2 amide bonds. The fraction of sp³-hybridized carbons (Fsp3) is 0.588. The van der Waals surface area contributed by atoms with Gasteiger partial charge in [0.15, 0.2) is 5.69 Å². The third kappa shape index (κ3) is 3.34. The van der Waals surface area contributed by atoms with E-state index in [0.29, 0.717) is 31.7 Å². The fourth-order valence-electron chi connectivity index (χ4n) is 3.96. The molecule has 5 nitrogen and oxygen atoms in total. The lowest BCUT2D eigenvalue weighted by atomic mass is 9.88. The highest BCUT2D eigenvalue weighted by atomic mass is 19.4. The van der Waals surface area contributed by atoms with Crippen LogP contribution < -0.4 is 0 Å². The van der Waals surface area contributed by atoms with Gasteiger partial charge in [0.25, 0.3) is 5.91 Å². The first-order valence-corrected chi connectivity index (χ1v) is 8.21. The van der Waals surface area contributed by atoms with E-state index >= 15 is 0 Å². The summed E-state index contributed by atoms with van der Waals surface area (Å²) in [6.07, 6.45) is -1.85. The molecular weight excluding hydrogens is 335 g/mol. The smallest absolute Gasteiger partial charge is 0.345 e. The standard InChI is InChI=1S/C17H20F3N3O2/c1-22-9-11-7-12(6-10(11)8-14(22)24)23(2)16(25)13-4-3-5-21-15(13)17(18,19)20/h3-5,10-12H,6-9H2,1-2H3/t10-,11+,12-/m0/s1. The summed E-state index contributed by atoms with van der Waals surface area (Å²) in [4.78, 5) is 30.9. The van der Waals surface area contributed by atoms with Crippen molar-refractivity contribution in [1.29, 1.82) is 0 Å². The van der Waals surface area contributed by atoms with Crippen molar-refractivity contribution in [1.82, 2.24) is 14.8 Å². The lowest BCUT2D eigenvalue weighted by molar-refractivity contribution is -0.141. The van der Waals surface area contributed by atoms with Crippen LogP contribution in [0, 0.1) is 11.8 Å². The van der Waals surface area contributed by atoms with Gasteiger partial charge < -0.3 is 9.80 Å². The number of nitrogens with zero attached hydrogens (tertiary/aromatic N) is 3. The van der Waals surface area contributed by atoms with Gasteiger partial charge in [-0.15, -0.1) is 0 Å². The van der Waals surface area contributed by atoms with Crippen molar-refractivity contribution in [2.24, 2.45) is 11.8 Å². The average Bonchev–Trinajstić information content (AvgIpc) is 2.96. The first-order chi connectivity index (χ1) is 11.7. The number of carbonyl (C=O) groups is 2. The number of rotatable bonds is 2. The molecule has 2 fully saturated rings. The molecule has 1 saturated carbocycles. The van der Waals surface area contributed by atoms with Crippen LogP contribution in [0.5, 0.6) is 0 Å². The molecule has 2 aliphatic rings. The molecule has 0 radical (unpaired) electrons. The molecule has 3 rings (SSSR count). The summed E-state index contributed by atoms with van der Waals surface area (Å²) in [5.74, 6) is -0.106. The lowest BCUT2D eigenvalue weighted by Gasteiger charge is -2.31. The van der Waals surface area contributed by atoms with Crippen molar-refractivity contribution in [2.75, 3.05) is 20.6 Å². The van der Waals surface area contributed by atoms with Crippen LogP contribution in [0.4, 0.5) is 13.2 Å². The summed E-state index contributed by atoms with van der Waals surface area (Å²) in [5.41, 5.74) is -1.59. The molecule has 0 spiro atoms. The van der Waals surface area contributed by atoms with Crippen molar-refractivity contribution in [2.45, 2.75) is 31.5 Å². The average molecular weight is 355 g/mol. The highest BCUT2D eigenvalue weighted by Gasteiger charge is 2.43. The van der Waals surface area contributed by atoms with E-state index in [9.17, 15) is 22.8 Å². The first-order valence-electron chi connectivity index (χ1n) is 8.21. The number of pyridine rings is 1. The number of aromatic nitrogens is 1. The van der Waals surface area contributed by atoms with Crippen molar-refractivity contribution in [3.05, 3.63) is 29.6 Å². The minimum atomic E-state index is -4.67. The molecule has 0 unspecified atom stereocenters. The van der Waals surface area contributed by atoms with Crippen molar-refractivity contribution in [3.8, 4) is 0 Å². The number of likely N-dealkylation sites (tertiary alicyclic amines) is 1. The number of amides is 2. The number of fused-ring (bicyclic) bond motifs is 1. The summed E-state index contributed by atoms with van der Waals surface area (Å²) in [7, 11) is 3.29. The monoisotopic (exact) mass is 355 g/mol. The molecule has 25 heavy (non-hydrogen) atoms. The molecule has 1 aliphatic carbocycles. The van der Waals surface area contributed by atoms with Gasteiger partial charge in [0, 0.05) is 39.3 Å². The Morgan fingerprint density at radius 1 is 1.32 bits per heavy atom.